The van der Waals surface area contributed by atoms with Gasteiger partial charge in [-0.25, -0.2) is 9.59 Å². The molecular formula is C19H28Cl2N2O6. The van der Waals surface area contributed by atoms with Gasteiger partial charge in [0.2, 0.25) is 0 Å². The molecule has 1 aromatic rings. The smallest absolute Gasteiger partial charge is 0.335 e. The van der Waals surface area contributed by atoms with Gasteiger partial charge in [-0.2, -0.15) is 0 Å². The molecule has 164 valence electrons. The van der Waals surface area contributed by atoms with Gasteiger partial charge in [0.25, 0.3) is 0 Å². The highest BCUT2D eigenvalue weighted by atomic mass is 35.5. The van der Waals surface area contributed by atoms with Crippen LogP contribution in [0.2, 0.25) is 10.0 Å². The second-order valence-corrected chi connectivity index (χ2v) is 8.03. The summed E-state index contributed by atoms with van der Waals surface area (Å²) in [5.74, 6) is -2.78. The molecule has 0 radical (unpaired) electrons. The fraction of sp³-hybridized carbons (Fsp3) is 0.579. The van der Waals surface area contributed by atoms with E-state index >= 15 is 0 Å². The van der Waals surface area contributed by atoms with E-state index in [-0.39, 0.29) is 0 Å². The van der Waals surface area contributed by atoms with Gasteiger partial charge < -0.3 is 25.7 Å². The number of carbonyl (C=O) groups is 2. The maximum absolute atomic E-state index is 9.77. The summed E-state index contributed by atoms with van der Waals surface area (Å²) < 4.78 is 0. The lowest BCUT2D eigenvalue weighted by atomic mass is 10.1. The lowest BCUT2D eigenvalue weighted by molar-refractivity contribution is -0.165. The van der Waals surface area contributed by atoms with Crippen molar-refractivity contribution in [1.29, 1.82) is 0 Å². The maximum atomic E-state index is 9.77. The van der Waals surface area contributed by atoms with Crippen molar-refractivity contribution in [3.63, 3.8) is 0 Å². The Morgan fingerprint density at radius 1 is 1.17 bits per heavy atom. The largest absolute Gasteiger partial charge is 0.479 e. The number of aliphatic hydroxyl groups is 2. The fourth-order valence-electron chi connectivity index (χ4n) is 2.80. The van der Waals surface area contributed by atoms with Crippen molar-refractivity contribution in [2.24, 2.45) is 5.92 Å². The highest BCUT2D eigenvalue weighted by Gasteiger charge is 2.29. The van der Waals surface area contributed by atoms with Crippen LogP contribution in [0.4, 0.5) is 0 Å². The van der Waals surface area contributed by atoms with Gasteiger partial charge in [0.05, 0.1) is 0 Å². The van der Waals surface area contributed by atoms with Gasteiger partial charge in [0.15, 0.2) is 12.2 Å². The first-order valence-electron chi connectivity index (χ1n) is 9.23. The molecule has 1 aliphatic heterocycles. The summed E-state index contributed by atoms with van der Waals surface area (Å²) in [5, 5.41) is 37.4. The second kappa shape index (κ2) is 12.3. The molecule has 1 saturated heterocycles. The summed E-state index contributed by atoms with van der Waals surface area (Å²) in [6.45, 7) is 8.79. The topological polar surface area (TPSA) is 130 Å². The molecule has 0 aromatic heterocycles. The van der Waals surface area contributed by atoms with E-state index in [0.29, 0.717) is 11.1 Å². The standard InChI is InChI=1S/C15H22Cl2N2.C4H6O6/c1-11(2)19(9-12-5-6-18-8-12)10-13-3-4-14(16)7-15(13)17;5-1(3(7)8)2(6)4(9)10/h3-4,7,11-12,18H,5-6,8-10H2,1-2H3;1-2,5-6H,(H,7,8)(H,9,10)/t12-;1-,2-/m01/s1. The van der Waals surface area contributed by atoms with Crippen LogP contribution in [0.3, 0.4) is 0 Å². The van der Waals surface area contributed by atoms with Crippen LogP contribution in [0.5, 0.6) is 0 Å². The zero-order valence-corrected chi connectivity index (χ0v) is 17.9. The third-order valence-corrected chi connectivity index (χ3v) is 5.17. The summed E-state index contributed by atoms with van der Waals surface area (Å²) in [7, 11) is 0. The molecule has 29 heavy (non-hydrogen) atoms. The van der Waals surface area contributed by atoms with Crippen molar-refractivity contribution in [2.75, 3.05) is 19.6 Å². The molecule has 0 saturated carbocycles. The maximum Gasteiger partial charge on any atom is 0.335 e. The average molecular weight is 451 g/mol. The van der Waals surface area contributed by atoms with Crippen molar-refractivity contribution < 1.29 is 30.0 Å². The number of carboxylic acids is 2. The predicted molar refractivity (Wildman–Crippen MR) is 110 cm³/mol. The molecule has 5 N–H and O–H groups in total. The van der Waals surface area contributed by atoms with Gasteiger partial charge in [-0.05, 0) is 57.0 Å². The van der Waals surface area contributed by atoms with E-state index in [0.717, 1.165) is 42.7 Å². The quantitative estimate of drug-likeness (QED) is 0.404. The zero-order valence-electron chi connectivity index (χ0n) is 16.4. The lowest BCUT2D eigenvalue weighted by Gasteiger charge is -2.29. The number of benzene rings is 1. The van der Waals surface area contributed by atoms with Crippen molar-refractivity contribution in [1.82, 2.24) is 10.2 Å². The van der Waals surface area contributed by atoms with E-state index in [1.54, 1.807) is 0 Å². The van der Waals surface area contributed by atoms with E-state index in [1.165, 1.54) is 6.42 Å². The van der Waals surface area contributed by atoms with Crippen LogP contribution in [0.1, 0.15) is 25.8 Å². The monoisotopic (exact) mass is 450 g/mol. The Balaban J connectivity index is 0.000000359. The number of aliphatic carboxylic acids is 2. The number of carboxylic acid groups (broad SMARTS) is 2. The molecule has 2 rings (SSSR count). The molecule has 0 amide bonds. The van der Waals surface area contributed by atoms with E-state index in [4.69, 9.17) is 43.6 Å². The number of nitrogens with zero attached hydrogens (tertiary/aromatic N) is 1. The number of rotatable bonds is 8. The van der Waals surface area contributed by atoms with E-state index in [1.807, 2.05) is 18.2 Å². The third kappa shape index (κ3) is 8.86. The Morgan fingerprint density at radius 3 is 2.17 bits per heavy atom. The third-order valence-electron chi connectivity index (χ3n) is 4.58. The highest BCUT2D eigenvalue weighted by Crippen LogP contribution is 2.24. The summed E-state index contributed by atoms with van der Waals surface area (Å²) >= 11 is 12.2. The van der Waals surface area contributed by atoms with Crippen molar-refractivity contribution in [3.05, 3.63) is 33.8 Å². The molecule has 0 spiro atoms. The Bertz CT molecular complexity index is 665. The van der Waals surface area contributed by atoms with Crippen LogP contribution >= 0.6 is 23.2 Å². The van der Waals surface area contributed by atoms with Crippen LogP contribution < -0.4 is 5.32 Å². The van der Waals surface area contributed by atoms with Gasteiger partial charge in [-0.3, -0.25) is 4.90 Å². The average Bonchev–Trinajstić information content (AvgIpc) is 3.15. The number of hydrogen-bond donors (Lipinski definition) is 5. The summed E-state index contributed by atoms with van der Waals surface area (Å²) in [6.07, 6.45) is -3.26. The summed E-state index contributed by atoms with van der Waals surface area (Å²) in [5.41, 5.74) is 1.16. The summed E-state index contributed by atoms with van der Waals surface area (Å²) in [6, 6.07) is 6.30. The number of halogens is 2. The molecular weight excluding hydrogens is 423 g/mol. The van der Waals surface area contributed by atoms with Crippen LogP contribution in [-0.2, 0) is 16.1 Å². The first-order valence-corrected chi connectivity index (χ1v) is 9.99. The van der Waals surface area contributed by atoms with E-state index in [9.17, 15) is 9.59 Å². The molecule has 0 bridgehead atoms. The normalized spacial score (nSPS) is 18.3. The number of nitrogens with one attached hydrogen (secondary N) is 1. The highest BCUT2D eigenvalue weighted by molar-refractivity contribution is 6.35. The predicted octanol–water partition coefficient (Wildman–Crippen LogP) is 1.69. The van der Waals surface area contributed by atoms with Crippen molar-refractivity contribution >= 4 is 35.1 Å². The minimum absolute atomic E-state index is 0.521. The van der Waals surface area contributed by atoms with Gasteiger partial charge in [-0.1, -0.05) is 29.3 Å². The molecule has 8 nitrogen and oxygen atoms in total. The molecule has 3 atom stereocenters. The fourth-order valence-corrected chi connectivity index (χ4v) is 3.27. The summed E-state index contributed by atoms with van der Waals surface area (Å²) in [4.78, 5) is 22.0. The molecule has 1 aliphatic rings. The van der Waals surface area contributed by atoms with Crippen molar-refractivity contribution in [3.8, 4) is 0 Å². The first kappa shape index (κ1) is 25.6. The van der Waals surface area contributed by atoms with Crippen LogP contribution in [0, 0.1) is 5.92 Å². The molecule has 1 fully saturated rings. The second-order valence-electron chi connectivity index (χ2n) is 7.18. The Labute approximate surface area is 180 Å². The minimum atomic E-state index is -2.27. The SMILES string of the molecule is CC(C)N(Cc1ccc(Cl)cc1Cl)C[C@H]1CCNC1.O=C(O)[C@H](O)[C@@H](O)C(=O)O. The number of hydrogen-bond acceptors (Lipinski definition) is 6. The van der Waals surface area contributed by atoms with Gasteiger partial charge >= 0.3 is 11.9 Å². The molecule has 0 unspecified atom stereocenters. The molecule has 1 heterocycles. The Hall–Kier alpha value is -1.42. The lowest BCUT2D eigenvalue weighted by Crippen LogP contribution is -2.39. The number of aliphatic hydroxyl groups excluding tert-OH is 2. The van der Waals surface area contributed by atoms with E-state index in [2.05, 4.69) is 24.1 Å². The molecule has 1 aromatic carbocycles. The Kier molecular flexibility index (Phi) is 10.9. The van der Waals surface area contributed by atoms with Crippen LogP contribution in [0.15, 0.2) is 18.2 Å². The zero-order chi connectivity index (χ0) is 22.1. The van der Waals surface area contributed by atoms with Crippen LogP contribution in [0.25, 0.3) is 0 Å². The molecule has 0 aliphatic carbocycles. The van der Waals surface area contributed by atoms with Gasteiger partial charge in [-0.15, -0.1) is 0 Å². The van der Waals surface area contributed by atoms with E-state index < -0.39 is 24.1 Å². The van der Waals surface area contributed by atoms with Gasteiger partial charge in [0, 0.05) is 29.2 Å². The van der Waals surface area contributed by atoms with Crippen LogP contribution in [-0.4, -0.2) is 75.1 Å². The molecule has 10 heteroatoms. The van der Waals surface area contributed by atoms with Gasteiger partial charge in [0.1, 0.15) is 0 Å². The Morgan fingerprint density at radius 2 is 1.76 bits per heavy atom. The minimum Gasteiger partial charge on any atom is -0.479 e. The van der Waals surface area contributed by atoms with Crippen molar-refractivity contribution in [2.45, 2.75) is 45.1 Å². The first-order chi connectivity index (χ1) is 13.5.